The molecule has 0 saturated carbocycles. The zero-order valence-corrected chi connectivity index (χ0v) is 11.5. The van der Waals surface area contributed by atoms with Crippen LogP contribution in [0.25, 0.3) is 0 Å². The number of halogens is 2. The van der Waals surface area contributed by atoms with Gasteiger partial charge >= 0.3 is 0 Å². The van der Waals surface area contributed by atoms with Gasteiger partial charge in [-0.3, -0.25) is 0 Å². The fourth-order valence-electron chi connectivity index (χ4n) is 2.41. The smallest absolute Gasteiger partial charge is 0.163 e. The molecule has 0 radical (unpaired) electrons. The van der Waals surface area contributed by atoms with Crippen LogP contribution in [-0.2, 0) is 4.74 Å². The number of benzene rings is 1. The van der Waals surface area contributed by atoms with Gasteiger partial charge in [0.15, 0.2) is 17.3 Å². The van der Waals surface area contributed by atoms with E-state index in [1.165, 1.54) is 6.07 Å². The molecule has 0 amide bonds. The van der Waals surface area contributed by atoms with Crippen LogP contribution in [0, 0.1) is 23.0 Å². The molecule has 2 atom stereocenters. The van der Waals surface area contributed by atoms with Crippen molar-refractivity contribution in [2.24, 2.45) is 0 Å². The Labute approximate surface area is 125 Å². The van der Waals surface area contributed by atoms with Crippen LogP contribution in [0.1, 0.15) is 23.8 Å². The molecule has 1 aliphatic rings. The Hall–Kier alpha value is -2.59. The fraction of sp³-hybridized carbons (Fsp3) is 0.267. The first kappa shape index (κ1) is 14.4. The second-order valence-electron chi connectivity index (χ2n) is 4.92. The van der Waals surface area contributed by atoms with E-state index in [0.29, 0.717) is 24.4 Å². The molecule has 1 aliphatic heterocycles. The van der Waals surface area contributed by atoms with Gasteiger partial charge in [-0.15, -0.1) is 10.2 Å². The third-order valence-corrected chi connectivity index (χ3v) is 3.48. The van der Waals surface area contributed by atoms with Gasteiger partial charge in [0.1, 0.15) is 18.0 Å². The largest absolute Gasteiger partial charge is 0.371 e. The van der Waals surface area contributed by atoms with Crippen LogP contribution in [0.2, 0.25) is 0 Å². The second-order valence-corrected chi connectivity index (χ2v) is 4.92. The topological polar surface area (TPSA) is 70.8 Å². The van der Waals surface area contributed by atoms with Gasteiger partial charge < -0.3 is 10.1 Å². The monoisotopic (exact) mass is 302 g/mol. The average molecular weight is 302 g/mol. The van der Waals surface area contributed by atoms with Crippen LogP contribution in [0.4, 0.5) is 14.6 Å². The molecule has 0 aliphatic carbocycles. The highest BCUT2D eigenvalue weighted by Gasteiger charge is 2.30. The third kappa shape index (κ3) is 2.87. The number of hydrogen-bond acceptors (Lipinski definition) is 5. The van der Waals surface area contributed by atoms with E-state index in [1.54, 1.807) is 12.1 Å². The Morgan fingerprint density at radius 3 is 2.73 bits per heavy atom. The summed E-state index contributed by atoms with van der Waals surface area (Å²) in [4.78, 5) is 0. The van der Waals surface area contributed by atoms with Crippen molar-refractivity contribution in [1.82, 2.24) is 10.2 Å². The molecule has 22 heavy (non-hydrogen) atoms. The SMILES string of the molecule is N#Cc1ccc(NC2CCOC2c2ccc(F)c(F)c2)nn1. The van der Waals surface area contributed by atoms with E-state index in [4.69, 9.17) is 10.00 Å². The Balaban J connectivity index is 1.77. The summed E-state index contributed by atoms with van der Waals surface area (Å²) in [6.07, 6.45) is 0.304. The minimum atomic E-state index is -0.898. The lowest BCUT2D eigenvalue weighted by atomic mass is 10.0. The summed E-state index contributed by atoms with van der Waals surface area (Å²) in [6, 6.07) is 8.70. The number of nitriles is 1. The highest BCUT2D eigenvalue weighted by Crippen LogP contribution is 2.31. The van der Waals surface area contributed by atoms with Gasteiger partial charge in [0.25, 0.3) is 0 Å². The van der Waals surface area contributed by atoms with Crippen molar-refractivity contribution >= 4 is 5.82 Å². The molecule has 2 unspecified atom stereocenters. The molecule has 0 bridgehead atoms. The molecule has 1 N–H and O–H groups in total. The minimum Gasteiger partial charge on any atom is -0.371 e. The first-order valence-corrected chi connectivity index (χ1v) is 6.74. The molecule has 1 fully saturated rings. The summed E-state index contributed by atoms with van der Waals surface area (Å²) in [5.41, 5.74) is 0.792. The van der Waals surface area contributed by atoms with Crippen molar-refractivity contribution in [1.29, 1.82) is 5.26 Å². The highest BCUT2D eigenvalue weighted by atomic mass is 19.2. The zero-order chi connectivity index (χ0) is 15.5. The molecule has 1 aromatic carbocycles. The van der Waals surface area contributed by atoms with Gasteiger partial charge in [0.05, 0.1) is 6.04 Å². The van der Waals surface area contributed by atoms with E-state index in [2.05, 4.69) is 15.5 Å². The number of anilines is 1. The van der Waals surface area contributed by atoms with Crippen LogP contribution in [-0.4, -0.2) is 22.8 Å². The third-order valence-electron chi connectivity index (χ3n) is 3.48. The van der Waals surface area contributed by atoms with Crippen LogP contribution in [0.3, 0.4) is 0 Å². The maximum Gasteiger partial charge on any atom is 0.163 e. The molecular formula is C15H12F2N4O. The number of ether oxygens (including phenoxy) is 1. The quantitative estimate of drug-likeness (QED) is 0.943. The fourth-order valence-corrected chi connectivity index (χ4v) is 2.41. The predicted octanol–water partition coefficient (Wildman–Crippen LogP) is 2.57. The highest BCUT2D eigenvalue weighted by molar-refractivity contribution is 5.38. The van der Waals surface area contributed by atoms with E-state index in [-0.39, 0.29) is 11.7 Å². The van der Waals surface area contributed by atoms with Crippen molar-refractivity contribution in [3.8, 4) is 6.07 Å². The molecule has 112 valence electrons. The number of nitrogens with one attached hydrogen (secondary N) is 1. The van der Waals surface area contributed by atoms with Crippen molar-refractivity contribution in [2.75, 3.05) is 11.9 Å². The Morgan fingerprint density at radius 2 is 2.05 bits per heavy atom. The van der Waals surface area contributed by atoms with E-state index in [0.717, 1.165) is 12.1 Å². The number of hydrogen-bond donors (Lipinski definition) is 1. The molecule has 1 aromatic heterocycles. The van der Waals surface area contributed by atoms with Crippen molar-refractivity contribution in [3.63, 3.8) is 0 Å². The first-order valence-electron chi connectivity index (χ1n) is 6.74. The molecule has 3 rings (SSSR count). The van der Waals surface area contributed by atoms with E-state index >= 15 is 0 Å². The summed E-state index contributed by atoms with van der Waals surface area (Å²) < 4.78 is 32.0. The van der Waals surface area contributed by atoms with Gasteiger partial charge in [-0.05, 0) is 36.2 Å². The van der Waals surface area contributed by atoms with Crippen LogP contribution < -0.4 is 5.32 Å². The lowest BCUT2D eigenvalue weighted by Gasteiger charge is -2.20. The molecule has 7 heteroatoms. The maximum absolute atomic E-state index is 13.4. The molecule has 1 saturated heterocycles. The maximum atomic E-state index is 13.4. The summed E-state index contributed by atoms with van der Waals surface area (Å²) in [5.74, 6) is -1.28. The summed E-state index contributed by atoms with van der Waals surface area (Å²) in [6.45, 7) is 0.505. The van der Waals surface area contributed by atoms with Crippen LogP contribution in [0.15, 0.2) is 30.3 Å². The molecular weight excluding hydrogens is 290 g/mol. The van der Waals surface area contributed by atoms with Gasteiger partial charge in [-0.25, -0.2) is 8.78 Å². The van der Waals surface area contributed by atoms with E-state index in [1.807, 2.05) is 6.07 Å². The number of rotatable bonds is 3. The zero-order valence-electron chi connectivity index (χ0n) is 11.5. The number of nitrogens with zero attached hydrogens (tertiary/aromatic N) is 3. The molecule has 5 nitrogen and oxygen atoms in total. The predicted molar refractivity (Wildman–Crippen MR) is 73.8 cm³/mol. The van der Waals surface area contributed by atoms with Crippen LogP contribution >= 0.6 is 0 Å². The van der Waals surface area contributed by atoms with Crippen molar-refractivity contribution < 1.29 is 13.5 Å². The molecule has 0 spiro atoms. The van der Waals surface area contributed by atoms with E-state index < -0.39 is 17.7 Å². The number of aromatic nitrogens is 2. The lowest BCUT2D eigenvalue weighted by Crippen LogP contribution is -2.24. The van der Waals surface area contributed by atoms with Crippen LogP contribution in [0.5, 0.6) is 0 Å². The van der Waals surface area contributed by atoms with Crippen molar-refractivity contribution in [3.05, 3.63) is 53.2 Å². The normalized spacial score (nSPS) is 20.6. The average Bonchev–Trinajstić information content (AvgIpc) is 2.99. The Morgan fingerprint density at radius 1 is 1.18 bits per heavy atom. The van der Waals surface area contributed by atoms with Gasteiger partial charge in [-0.1, -0.05) is 6.07 Å². The lowest BCUT2D eigenvalue weighted by molar-refractivity contribution is 0.107. The summed E-state index contributed by atoms with van der Waals surface area (Å²) in [7, 11) is 0. The van der Waals surface area contributed by atoms with E-state index in [9.17, 15) is 8.78 Å². The minimum absolute atomic E-state index is 0.132. The van der Waals surface area contributed by atoms with Gasteiger partial charge in [0.2, 0.25) is 0 Å². The standard InChI is InChI=1S/C15H12F2N4O/c16-11-3-1-9(7-12(11)17)15-13(5-6-22-15)19-14-4-2-10(8-18)20-21-14/h1-4,7,13,15H,5-6H2,(H,19,21). The van der Waals surface area contributed by atoms with Crippen molar-refractivity contribution in [2.45, 2.75) is 18.6 Å². The summed E-state index contributed by atoms with van der Waals surface area (Å²) in [5, 5.41) is 19.5. The summed E-state index contributed by atoms with van der Waals surface area (Å²) >= 11 is 0. The van der Waals surface area contributed by atoms with Gasteiger partial charge in [-0.2, -0.15) is 5.26 Å². The second kappa shape index (κ2) is 6.03. The van der Waals surface area contributed by atoms with Gasteiger partial charge in [0, 0.05) is 6.61 Å². The Bertz CT molecular complexity index is 714. The first-order chi connectivity index (χ1) is 10.7. The Kier molecular flexibility index (Phi) is 3.94. The molecule has 2 heterocycles. The molecule has 2 aromatic rings.